The highest BCUT2D eigenvalue weighted by Gasteiger charge is 2.51. The highest BCUT2D eigenvalue weighted by molar-refractivity contribution is 6.99. The average molecular weight is 885 g/mol. The maximum absolute atomic E-state index is 12.7. The Balaban J connectivity index is 1.75. The topological polar surface area (TPSA) is 38.8 Å². The van der Waals surface area contributed by atoms with Gasteiger partial charge >= 0.3 is 5.97 Å². The molecule has 0 N–H and O–H groups in total. The molecule has 0 bridgehead atoms. The first-order valence-electron chi connectivity index (χ1n) is 26.2. The number of allylic oxidation sites excluding steroid dienone is 5. The average Bonchev–Trinajstić information content (AvgIpc) is 3.26. The highest BCUT2D eigenvalue weighted by Crippen LogP contribution is 2.38. The van der Waals surface area contributed by atoms with Crippen molar-refractivity contribution in [2.24, 2.45) is 0 Å². The lowest BCUT2D eigenvalue weighted by molar-refractivity contribution is -0.150. The van der Waals surface area contributed by atoms with Crippen LogP contribution in [-0.2, 0) is 14.0 Å². The third kappa shape index (κ3) is 26.1. The standard InChI is InChI=1S/C58H97NO3Si/c1-8-10-12-13-14-15-16-17-18-19-20-21-23-26-29-35-43-53(61-57(60)51-42-52-59(6)7)44-36-30-27-24-22-25-28-31-37-46-54(45-34-11-9-2)62-63(58(3,4)5,55-47-38-32-39-48-55)56-49-40-33-41-50-56/h14-15,17-18,31-33,37-41,47-50,53-54H,8-13,16,19-30,34-36,42-46,51-52H2,1-7H3/b15-14-,18-17-,37-31?. The highest BCUT2D eigenvalue weighted by atomic mass is 28.4. The summed E-state index contributed by atoms with van der Waals surface area (Å²) in [4.78, 5) is 14.9. The van der Waals surface area contributed by atoms with Gasteiger partial charge in [0.15, 0.2) is 0 Å². The molecule has 0 heterocycles. The van der Waals surface area contributed by atoms with Crippen LogP contribution in [-0.4, -0.2) is 52.0 Å². The molecule has 356 valence electrons. The number of hydrogen-bond acceptors (Lipinski definition) is 4. The van der Waals surface area contributed by atoms with E-state index >= 15 is 0 Å². The minimum Gasteiger partial charge on any atom is -0.462 e. The van der Waals surface area contributed by atoms with Crippen molar-refractivity contribution in [1.82, 2.24) is 4.90 Å². The van der Waals surface area contributed by atoms with Crippen molar-refractivity contribution in [2.75, 3.05) is 20.6 Å². The fraction of sp³-hybridized carbons (Fsp3) is 0.672. The number of esters is 1. The van der Waals surface area contributed by atoms with Gasteiger partial charge in [-0.15, -0.1) is 0 Å². The molecule has 0 saturated heterocycles. The van der Waals surface area contributed by atoms with Gasteiger partial charge in [-0.05, 0) is 126 Å². The number of ether oxygens (including phenoxy) is 1. The van der Waals surface area contributed by atoms with E-state index in [1.165, 1.54) is 132 Å². The number of rotatable bonds is 39. The number of unbranched alkanes of at least 4 members (excludes halogenated alkanes) is 17. The molecule has 5 heteroatoms. The monoisotopic (exact) mass is 884 g/mol. The third-order valence-corrected chi connectivity index (χ3v) is 17.7. The predicted octanol–water partition coefficient (Wildman–Crippen LogP) is 16.0. The Labute approximate surface area is 391 Å². The van der Waals surface area contributed by atoms with Crippen LogP contribution in [0.4, 0.5) is 0 Å². The fourth-order valence-electron chi connectivity index (χ4n) is 8.90. The summed E-state index contributed by atoms with van der Waals surface area (Å²) in [6, 6.07) is 22.2. The van der Waals surface area contributed by atoms with Crippen molar-refractivity contribution in [3.8, 4) is 0 Å². The number of benzene rings is 2. The zero-order valence-electron chi connectivity index (χ0n) is 42.1. The van der Waals surface area contributed by atoms with Gasteiger partial charge in [-0.3, -0.25) is 4.79 Å². The van der Waals surface area contributed by atoms with E-state index in [9.17, 15) is 4.79 Å². The zero-order chi connectivity index (χ0) is 45.7. The molecule has 2 aromatic carbocycles. The normalized spacial score (nSPS) is 13.5. The van der Waals surface area contributed by atoms with Crippen LogP contribution in [0, 0.1) is 0 Å². The van der Waals surface area contributed by atoms with Crippen molar-refractivity contribution < 1.29 is 14.0 Å². The zero-order valence-corrected chi connectivity index (χ0v) is 43.1. The molecule has 2 atom stereocenters. The van der Waals surface area contributed by atoms with Crippen molar-refractivity contribution in [3.63, 3.8) is 0 Å². The van der Waals surface area contributed by atoms with Gasteiger partial charge in [0.25, 0.3) is 8.32 Å². The Morgan fingerprint density at radius 2 is 0.984 bits per heavy atom. The van der Waals surface area contributed by atoms with Gasteiger partial charge in [0.2, 0.25) is 0 Å². The Kier molecular flexibility index (Phi) is 32.7. The van der Waals surface area contributed by atoms with Gasteiger partial charge in [0.1, 0.15) is 6.10 Å². The maximum Gasteiger partial charge on any atom is 0.306 e. The van der Waals surface area contributed by atoms with Crippen molar-refractivity contribution >= 4 is 24.7 Å². The first-order valence-corrected chi connectivity index (χ1v) is 28.1. The maximum atomic E-state index is 12.7. The second-order valence-electron chi connectivity index (χ2n) is 19.7. The molecule has 0 radical (unpaired) electrons. The van der Waals surface area contributed by atoms with Gasteiger partial charge in [-0.25, -0.2) is 0 Å². The molecule has 2 unspecified atom stereocenters. The lowest BCUT2D eigenvalue weighted by atomic mass is 10.0. The second-order valence-corrected chi connectivity index (χ2v) is 23.9. The van der Waals surface area contributed by atoms with Crippen LogP contribution in [0.1, 0.15) is 214 Å². The molecular weight excluding hydrogens is 787 g/mol. The van der Waals surface area contributed by atoms with Gasteiger partial charge in [-0.2, -0.15) is 0 Å². The molecule has 2 aromatic rings. The van der Waals surface area contributed by atoms with E-state index in [0.29, 0.717) is 6.42 Å². The minimum atomic E-state index is -2.58. The summed E-state index contributed by atoms with van der Waals surface area (Å²) in [5.41, 5.74) is 0. The van der Waals surface area contributed by atoms with Crippen molar-refractivity contribution in [3.05, 3.63) is 97.1 Å². The van der Waals surface area contributed by atoms with Gasteiger partial charge in [0.05, 0.1) is 0 Å². The Morgan fingerprint density at radius 1 is 0.556 bits per heavy atom. The van der Waals surface area contributed by atoms with Crippen LogP contribution in [0.2, 0.25) is 5.04 Å². The van der Waals surface area contributed by atoms with E-state index in [-0.39, 0.29) is 23.2 Å². The quantitative estimate of drug-likeness (QED) is 0.0290. The molecule has 0 aliphatic rings. The lowest BCUT2D eigenvalue weighted by Crippen LogP contribution is -2.67. The van der Waals surface area contributed by atoms with Crippen LogP contribution in [0.15, 0.2) is 97.1 Å². The smallest absolute Gasteiger partial charge is 0.306 e. The van der Waals surface area contributed by atoms with Gasteiger partial charge < -0.3 is 14.1 Å². The molecule has 0 fully saturated rings. The van der Waals surface area contributed by atoms with E-state index in [0.717, 1.165) is 57.9 Å². The summed E-state index contributed by atoms with van der Waals surface area (Å²) in [6.07, 6.45) is 47.4. The molecular formula is C58H97NO3Si. The summed E-state index contributed by atoms with van der Waals surface area (Å²) in [5, 5.41) is 2.72. The summed E-state index contributed by atoms with van der Waals surface area (Å²) in [7, 11) is 1.55. The fourth-order valence-corrected chi connectivity index (χ4v) is 13.6. The van der Waals surface area contributed by atoms with Crippen molar-refractivity contribution in [2.45, 2.75) is 232 Å². The molecule has 0 spiro atoms. The van der Waals surface area contributed by atoms with Crippen molar-refractivity contribution in [1.29, 1.82) is 0 Å². The Morgan fingerprint density at radius 3 is 1.48 bits per heavy atom. The van der Waals surface area contributed by atoms with Crippen LogP contribution < -0.4 is 10.4 Å². The van der Waals surface area contributed by atoms with Crippen LogP contribution in [0.5, 0.6) is 0 Å². The third-order valence-electron chi connectivity index (χ3n) is 12.6. The van der Waals surface area contributed by atoms with E-state index in [1.54, 1.807) is 0 Å². The summed E-state index contributed by atoms with van der Waals surface area (Å²) >= 11 is 0. The number of nitrogens with zero attached hydrogens (tertiary/aromatic N) is 1. The summed E-state index contributed by atoms with van der Waals surface area (Å²) < 4.78 is 13.7. The Hall–Kier alpha value is -2.73. The van der Waals surface area contributed by atoms with Gasteiger partial charge in [-0.1, -0.05) is 215 Å². The molecule has 0 amide bonds. The number of carbonyl (C=O) groups excluding carboxylic acids is 1. The molecule has 2 rings (SSSR count). The molecule has 0 aromatic heterocycles. The SMILES string of the molecule is CCCCC/C=C\C/C=C\CCCCCCCCC(CCCCCCCCC=CCC(CCCCC)O[Si](c1ccccc1)(c1ccccc1)C(C)(C)C)OC(=O)CCCN(C)C. The molecule has 0 saturated carbocycles. The second kappa shape index (κ2) is 36.5. The van der Waals surface area contributed by atoms with Crippen LogP contribution in [0.3, 0.4) is 0 Å². The number of carbonyl (C=O) groups is 1. The Bertz CT molecular complexity index is 1410. The van der Waals surface area contributed by atoms with E-state index in [4.69, 9.17) is 9.16 Å². The first-order chi connectivity index (χ1) is 30.6. The largest absolute Gasteiger partial charge is 0.462 e. The lowest BCUT2D eigenvalue weighted by Gasteiger charge is -2.45. The molecule has 0 aliphatic carbocycles. The van der Waals surface area contributed by atoms with E-state index in [2.05, 4.69) is 151 Å². The van der Waals surface area contributed by atoms with E-state index in [1.807, 2.05) is 0 Å². The van der Waals surface area contributed by atoms with Crippen LogP contribution >= 0.6 is 0 Å². The molecule has 0 aliphatic heterocycles. The minimum absolute atomic E-state index is 0.00298. The first kappa shape index (κ1) is 56.4. The predicted molar refractivity (Wildman–Crippen MR) is 279 cm³/mol. The molecule has 4 nitrogen and oxygen atoms in total. The number of hydrogen-bond donors (Lipinski definition) is 0. The molecule has 63 heavy (non-hydrogen) atoms. The summed E-state index contributed by atoms with van der Waals surface area (Å²) in [5.74, 6) is -0.00298. The van der Waals surface area contributed by atoms with Crippen LogP contribution in [0.25, 0.3) is 0 Å². The summed E-state index contributed by atoms with van der Waals surface area (Å²) in [6.45, 7) is 12.7. The van der Waals surface area contributed by atoms with Gasteiger partial charge in [0, 0.05) is 12.5 Å². The van der Waals surface area contributed by atoms with E-state index < -0.39 is 8.32 Å².